The fraction of sp³-hybridized carbons (Fsp3) is 0.846. The van der Waals surface area contributed by atoms with Gasteiger partial charge in [0.2, 0.25) is 5.91 Å². The Labute approximate surface area is 119 Å². The van der Waals surface area contributed by atoms with Crippen molar-refractivity contribution >= 4 is 23.6 Å². The van der Waals surface area contributed by atoms with Crippen LogP contribution in [0.25, 0.3) is 0 Å². The van der Waals surface area contributed by atoms with Crippen LogP contribution in [0.4, 0.5) is 0 Å². The molecule has 0 aromatic rings. The number of hydrogen-bond donors (Lipinski definition) is 1. The predicted molar refractivity (Wildman–Crippen MR) is 77.2 cm³/mol. The molecule has 1 amide bonds. The lowest BCUT2D eigenvalue weighted by Crippen LogP contribution is -2.38. The van der Waals surface area contributed by atoms with Gasteiger partial charge in [0.25, 0.3) is 0 Å². The standard InChI is InChI=1S/C13H24N2O3S/c1-3-8-15(9-13(17)18-2)12(16)10-19-11-4-6-14-7-5-11/h11,14H,3-10H2,1-2H3. The van der Waals surface area contributed by atoms with Gasteiger partial charge in [-0.25, -0.2) is 0 Å². The number of methoxy groups -OCH3 is 1. The van der Waals surface area contributed by atoms with Gasteiger partial charge in [0.05, 0.1) is 12.9 Å². The number of amides is 1. The van der Waals surface area contributed by atoms with E-state index in [4.69, 9.17) is 0 Å². The summed E-state index contributed by atoms with van der Waals surface area (Å²) in [6.07, 6.45) is 3.08. The molecule has 0 bridgehead atoms. The summed E-state index contributed by atoms with van der Waals surface area (Å²) in [5, 5.41) is 3.87. The fourth-order valence-corrected chi connectivity index (χ4v) is 3.15. The number of nitrogens with one attached hydrogen (secondary N) is 1. The lowest BCUT2D eigenvalue weighted by atomic mass is 10.2. The van der Waals surface area contributed by atoms with Crippen molar-refractivity contribution in [2.24, 2.45) is 0 Å². The molecule has 19 heavy (non-hydrogen) atoms. The third-order valence-electron chi connectivity index (χ3n) is 3.12. The molecule has 0 spiro atoms. The van der Waals surface area contributed by atoms with Crippen LogP contribution in [-0.4, -0.2) is 61.1 Å². The monoisotopic (exact) mass is 288 g/mol. The molecule has 6 heteroatoms. The first-order valence-corrected chi connectivity index (χ1v) is 7.89. The molecule has 110 valence electrons. The Morgan fingerprint density at radius 3 is 2.63 bits per heavy atom. The molecule has 1 fully saturated rings. The van der Waals surface area contributed by atoms with Crippen molar-refractivity contribution in [1.82, 2.24) is 10.2 Å². The van der Waals surface area contributed by atoms with E-state index in [0.29, 0.717) is 17.5 Å². The summed E-state index contributed by atoms with van der Waals surface area (Å²) in [4.78, 5) is 25.0. The topological polar surface area (TPSA) is 58.6 Å². The number of carbonyl (C=O) groups excluding carboxylic acids is 2. The van der Waals surface area contributed by atoms with Gasteiger partial charge in [0.15, 0.2) is 0 Å². The number of carbonyl (C=O) groups is 2. The Bertz CT molecular complexity index is 294. The molecule has 0 saturated carbocycles. The molecule has 1 saturated heterocycles. The summed E-state index contributed by atoms with van der Waals surface area (Å²) in [5.41, 5.74) is 0. The van der Waals surface area contributed by atoms with Crippen LogP contribution in [0.2, 0.25) is 0 Å². The minimum atomic E-state index is -0.353. The molecule has 1 aliphatic rings. The lowest BCUT2D eigenvalue weighted by Gasteiger charge is -2.24. The third-order valence-corrected chi connectivity index (χ3v) is 4.48. The second-order valence-corrected chi connectivity index (χ2v) is 5.94. The Hall–Kier alpha value is -0.750. The zero-order valence-corrected chi connectivity index (χ0v) is 12.6. The zero-order valence-electron chi connectivity index (χ0n) is 11.8. The van der Waals surface area contributed by atoms with E-state index in [-0.39, 0.29) is 18.4 Å². The molecule has 0 aromatic carbocycles. The van der Waals surface area contributed by atoms with E-state index < -0.39 is 0 Å². The van der Waals surface area contributed by atoms with E-state index in [1.807, 2.05) is 6.92 Å². The van der Waals surface area contributed by atoms with Gasteiger partial charge in [0.1, 0.15) is 6.54 Å². The Morgan fingerprint density at radius 2 is 2.05 bits per heavy atom. The maximum absolute atomic E-state index is 12.1. The summed E-state index contributed by atoms with van der Waals surface area (Å²) >= 11 is 1.71. The van der Waals surface area contributed by atoms with Crippen LogP contribution in [0.15, 0.2) is 0 Å². The number of thioether (sulfide) groups is 1. The second kappa shape index (κ2) is 9.20. The molecule has 0 aliphatic carbocycles. The van der Waals surface area contributed by atoms with Crippen LogP contribution >= 0.6 is 11.8 Å². The summed E-state index contributed by atoms with van der Waals surface area (Å²) < 4.78 is 4.62. The van der Waals surface area contributed by atoms with Crippen LogP contribution in [0, 0.1) is 0 Å². The van der Waals surface area contributed by atoms with E-state index in [1.165, 1.54) is 7.11 Å². The van der Waals surface area contributed by atoms with Crippen molar-refractivity contribution in [2.45, 2.75) is 31.4 Å². The van der Waals surface area contributed by atoms with Crippen LogP contribution in [-0.2, 0) is 14.3 Å². The molecule has 1 heterocycles. The van der Waals surface area contributed by atoms with Crippen molar-refractivity contribution in [3.05, 3.63) is 0 Å². The molecule has 0 aromatic heterocycles. The third kappa shape index (κ3) is 6.29. The SMILES string of the molecule is CCCN(CC(=O)OC)C(=O)CSC1CCNCC1. The fourth-order valence-electron chi connectivity index (χ4n) is 2.02. The van der Waals surface area contributed by atoms with Crippen molar-refractivity contribution in [1.29, 1.82) is 0 Å². The van der Waals surface area contributed by atoms with Crippen LogP contribution in [0.3, 0.4) is 0 Å². The molecule has 1 N–H and O–H groups in total. The van der Waals surface area contributed by atoms with Gasteiger partial charge in [0, 0.05) is 11.8 Å². The highest BCUT2D eigenvalue weighted by Gasteiger charge is 2.20. The van der Waals surface area contributed by atoms with Crippen LogP contribution in [0.1, 0.15) is 26.2 Å². The van der Waals surface area contributed by atoms with Gasteiger partial charge in [-0.3, -0.25) is 9.59 Å². The molecule has 0 unspecified atom stereocenters. The van der Waals surface area contributed by atoms with Gasteiger partial charge >= 0.3 is 5.97 Å². The molecule has 0 radical (unpaired) electrons. The lowest BCUT2D eigenvalue weighted by molar-refractivity contribution is -0.146. The minimum absolute atomic E-state index is 0.0378. The normalized spacial score (nSPS) is 16.1. The molecule has 1 aliphatic heterocycles. The van der Waals surface area contributed by atoms with Crippen LogP contribution in [0.5, 0.6) is 0 Å². The molecule has 1 rings (SSSR count). The largest absolute Gasteiger partial charge is 0.468 e. The van der Waals surface area contributed by atoms with Crippen molar-refractivity contribution in [2.75, 3.05) is 39.0 Å². The summed E-state index contributed by atoms with van der Waals surface area (Å²) in [7, 11) is 1.35. The highest BCUT2D eigenvalue weighted by molar-refractivity contribution is 8.00. The first kappa shape index (κ1) is 16.3. The number of hydrogen-bond acceptors (Lipinski definition) is 5. The average Bonchev–Trinajstić information content (AvgIpc) is 2.45. The van der Waals surface area contributed by atoms with Gasteiger partial charge in [-0.2, -0.15) is 0 Å². The Balaban J connectivity index is 2.35. The number of nitrogens with zero attached hydrogens (tertiary/aromatic N) is 1. The second-order valence-electron chi connectivity index (χ2n) is 4.65. The Kier molecular flexibility index (Phi) is 7.90. The smallest absolute Gasteiger partial charge is 0.325 e. The molecule has 5 nitrogen and oxygen atoms in total. The first-order valence-electron chi connectivity index (χ1n) is 6.84. The average molecular weight is 288 g/mol. The van der Waals surface area contributed by atoms with Crippen molar-refractivity contribution in [3.63, 3.8) is 0 Å². The summed E-state index contributed by atoms with van der Waals surface area (Å²) in [6.45, 7) is 4.74. The first-order chi connectivity index (χ1) is 9.17. The molecular formula is C13H24N2O3S. The van der Waals surface area contributed by atoms with E-state index in [0.717, 1.165) is 32.4 Å². The summed E-state index contributed by atoms with van der Waals surface area (Å²) in [6, 6.07) is 0. The summed E-state index contributed by atoms with van der Waals surface area (Å²) in [5.74, 6) is 0.145. The van der Waals surface area contributed by atoms with Crippen LogP contribution < -0.4 is 5.32 Å². The number of piperidine rings is 1. The highest BCUT2D eigenvalue weighted by Crippen LogP contribution is 2.20. The molecule has 0 atom stereocenters. The maximum Gasteiger partial charge on any atom is 0.325 e. The number of rotatable bonds is 7. The minimum Gasteiger partial charge on any atom is -0.468 e. The quantitative estimate of drug-likeness (QED) is 0.705. The van der Waals surface area contributed by atoms with E-state index in [1.54, 1.807) is 16.7 Å². The maximum atomic E-state index is 12.1. The van der Waals surface area contributed by atoms with Gasteiger partial charge < -0.3 is 15.0 Å². The van der Waals surface area contributed by atoms with Gasteiger partial charge in [-0.05, 0) is 32.4 Å². The Morgan fingerprint density at radius 1 is 1.37 bits per heavy atom. The van der Waals surface area contributed by atoms with E-state index >= 15 is 0 Å². The number of esters is 1. The highest BCUT2D eigenvalue weighted by atomic mass is 32.2. The predicted octanol–water partition coefficient (Wildman–Crippen LogP) is 0.883. The van der Waals surface area contributed by atoms with E-state index in [2.05, 4.69) is 10.1 Å². The number of ether oxygens (including phenoxy) is 1. The van der Waals surface area contributed by atoms with Crippen molar-refractivity contribution < 1.29 is 14.3 Å². The molecular weight excluding hydrogens is 264 g/mol. The zero-order chi connectivity index (χ0) is 14.1. The van der Waals surface area contributed by atoms with Crippen molar-refractivity contribution in [3.8, 4) is 0 Å². The van der Waals surface area contributed by atoms with E-state index in [9.17, 15) is 9.59 Å². The van der Waals surface area contributed by atoms with Gasteiger partial charge in [-0.15, -0.1) is 11.8 Å². The van der Waals surface area contributed by atoms with Gasteiger partial charge in [-0.1, -0.05) is 6.92 Å².